The van der Waals surface area contributed by atoms with Gasteiger partial charge < -0.3 is 14.8 Å². The molecule has 1 amide bonds. The van der Waals surface area contributed by atoms with Crippen LogP contribution in [0, 0.1) is 16.0 Å². The van der Waals surface area contributed by atoms with Gasteiger partial charge in [-0.2, -0.15) is 0 Å². The Labute approximate surface area is 133 Å². The molecule has 8 nitrogen and oxygen atoms in total. The van der Waals surface area contributed by atoms with Crippen LogP contribution in [0.15, 0.2) is 18.2 Å². The third kappa shape index (κ3) is 5.24. The molecule has 1 atom stereocenters. The van der Waals surface area contributed by atoms with E-state index in [1.54, 1.807) is 0 Å². The first kappa shape index (κ1) is 18.4. The van der Waals surface area contributed by atoms with Gasteiger partial charge in [0.2, 0.25) is 0 Å². The largest absolute Gasteiger partial charge is 0.474 e. The molecule has 0 spiro atoms. The molecule has 0 radical (unpaired) electrons. The highest BCUT2D eigenvalue weighted by Gasteiger charge is 2.23. The van der Waals surface area contributed by atoms with E-state index >= 15 is 0 Å². The zero-order valence-electron chi connectivity index (χ0n) is 13.5. The van der Waals surface area contributed by atoms with E-state index in [0.717, 1.165) is 6.07 Å². The normalized spacial score (nSPS) is 11.7. The molecule has 0 fully saturated rings. The predicted octanol–water partition coefficient (Wildman–Crippen LogP) is 1.92. The van der Waals surface area contributed by atoms with Crippen molar-refractivity contribution in [2.75, 3.05) is 13.7 Å². The number of ether oxygens (including phenoxy) is 2. The standard InChI is InChI=1S/C15H20N2O6/c1-9(2)8-16-14(18)10(3)23-13-6-5-11(15(19)22-4)7-12(13)17(20)21/h5-7,9-10H,8H2,1-4H3,(H,16,18)/t10-/m1/s1. The Morgan fingerprint density at radius 2 is 1.96 bits per heavy atom. The predicted molar refractivity (Wildman–Crippen MR) is 82.4 cm³/mol. The lowest BCUT2D eigenvalue weighted by atomic mass is 10.2. The van der Waals surface area contributed by atoms with E-state index in [-0.39, 0.29) is 23.1 Å². The van der Waals surface area contributed by atoms with Crippen LogP contribution >= 0.6 is 0 Å². The Hall–Kier alpha value is -2.64. The van der Waals surface area contributed by atoms with Crippen LogP contribution in [0.2, 0.25) is 0 Å². The van der Waals surface area contributed by atoms with Crippen LogP contribution in [0.3, 0.4) is 0 Å². The average molecular weight is 324 g/mol. The first-order valence-electron chi connectivity index (χ1n) is 7.07. The van der Waals surface area contributed by atoms with Crippen molar-refractivity contribution in [3.05, 3.63) is 33.9 Å². The van der Waals surface area contributed by atoms with Crippen LogP contribution in [0.25, 0.3) is 0 Å². The van der Waals surface area contributed by atoms with Crippen LogP contribution in [-0.4, -0.2) is 36.6 Å². The highest BCUT2D eigenvalue weighted by Crippen LogP contribution is 2.29. The van der Waals surface area contributed by atoms with Crippen molar-refractivity contribution in [2.24, 2.45) is 5.92 Å². The molecule has 0 aromatic heterocycles. The summed E-state index contributed by atoms with van der Waals surface area (Å²) in [4.78, 5) is 33.7. The summed E-state index contributed by atoms with van der Waals surface area (Å²) in [7, 11) is 1.18. The second-order valence-electron chi connectivity index (χ2n) is 5.33. The summed E-state index contributed by atoms with van der Waals surface area (Å²) in [5, 5.41) is 13.8. The Morgan fingerprint density at radius 1 is 1.30 bits per heavy atom. The number of nitrogens with zero attached hydrogens (tertiary/aromatic N) is 1. The minimum Gasteiger partial charge on any atom is -0.474 e. The minimum atomic E-state index is -0.906. The van der Waals surface area contributed by atoms with E-state index in [4.69, 9.17) is 4.74 Å². The summed E-state index contributed by atoms with van der Waals surface area (Å²) in [6, 6.07) is 3.67. The van der Waals surface area contributed by atoms with Crippen LogP contribution in [0.5, 0.6) is 5.75 Å². The van der Waals surface area contributed by atoms with Gasteiger partial charge in [-0.15, -0.1) is 0 Å². The second kappa shape index (κ2) is 8.11. The number of hydrogen-bond acceptors (Lipinski definition) is 6. The van der Waals surface area contributed by atoms with E-state index in [1.807, 2.05) is 13.8 Å². The summed E-state index contributed by atoms with van der Waals surface area (Å²) in [6.07, 6.45) is -0.906. The fourth-order valence-corrected chi connectivity index (χ4v) is 1.70. The van der Waals surface area contributed by atoms with Gasteiger partial charge in [0.05, 0.1) is 17.6 Å². The maximum Gasteiger partial charge on any atom is 0.338 e. The number of rotatable bonds is 7. The first-order chi connectivity index (χ1) is 10.8. The molecule has 126 valence electrons. The van der Waals surface area contributed by atoms with E-state index in [0.29, 0.717) is 6.54 Å². The molecule has 0 bridgehead atoms. The van der Waals surface area contributed by atoms with Crippen molar-refractivity contribution in [3.63, 3.8) is 0 Å². The quantitative estimate of drug-likeness (QED) is 0.466. The highest BCUT2D eigenvalue weighted by molar-refractivity contribution is 5.90. The molecule has 0 aliphatic rings. The molecule has 0 heterocycles. The molecular formula is C15H20N2O6. The lowest BCUT2D eigenvalue weighted by molar-refractivity contribution is -0.386. The molecule has 8 heteroatoms. The third-order valence-corrected chi connectivity index (χ3v) is 2.93. The van der Waals surface area contributed by atoms with Crippen LogP contribution in [-0.2, 0) is 9.53 Å². The minimum absolute atomic E-state index is 0.0310. The number of hydrogen-bond donors (Lipinski definition) is 1. The number of amides is 1. The SMILES string of the molecule is COC(=O)c1ccc(O[C@H](C)C(=O)NCC(C)C)c([N+](=O)[O-])c1. The monoisotopic (exact) mass is 324 g/mol. The molecule has 0 aliphatic carbocycles. The smallest absolute Gasteiger partial charge is 0.338 e. The Morgan fingerprint density at radius 3 is 2.48 bits per heavy atom. The first-order valence-corrected chi connectivity index (χ1v) is 7.07. The van der Waals surface area contributed by atoms with Gasteiger partial charge in [0.15, 0.2) is 11.9 Å². The van der Waals surface area contributed by atoms with E-state index in [1.165, 1.54) is 26.2 Å². The number of nitrogens with one attached hydrogen (secondary N) is 1. The lowest BCUT2D eigenvalue weighted by Gasteiger charge is -2.15. The lowest BCUT2D eigenvalue weighted by Crippen LogP contribution is -2.38. The topological polar surface area (TPSA) is 108 Å². The second-order valence-corrected chi connectivity index (χ2v) is 5.33. The fraction of sp³-hybridized carbons (Fsp3) is 0.467. The number of nitro benzene ring substituents is 1. The number of carbonyl (C=O) groups excluding carboxylic acids is 2. The fourth-order valence-electron chi connectivity index (χ4n) is 1.70. The van der Waals surface area contributed by atoms with Gasteiger partial charge in [0, 0.05) is 12.6 Å². The molecule has 0 saturated heterocycles. The summed E-state index contributed by atoms with van der Waals surface area (Å²) < 4.78 is 9.88. The zero-order chi connectivity index (χ0) is 17.6. The van der Waals surface area contributed by atoms with Gasteiger partial charge in [-0.25, -0.2) is 4.79 Å². The molecule has 1 rings (SSSR count). The van der Waals surface area contributed by atoms with Gasteiger partial charge in [-0.3, -0.25) is 14.9 Å². The van der Waals surface area contributed by atoms with Gasteiger partial charge in [-0.05, 0) is 25.0 Å². The van der Waals surface area contributed by atoms with Crippen molar-refractivity contribution in [2.45, 2.75) is 26.9 Å². The van der Waals surface area contributed by atoms with Crippen molar-refractivity contribution in [1.82, 2.24) is 5.32 Å². The Kier molecular flexibility index (Phi) is 6.49. The highest BCUT2D eigenvalue weighted by atomic mass is 16.6. The summed E-state index contributed by atoms with van der Waals surface area (Å²) in [5.41, 5.74) is -0.375. The van der Waals surface area contributed by atoms with Crippen molar-refractivity contribution < 1.29 is 24.0 Å². The molecule has 1 aromatic carbocycles. The molecule has 1 aromatic rings. The molecule has 0 unspecified atom stereocenters. The van der Waals surface area contributed by atoms with Crippen molar-refractivity contribution >= 4 is 17.6 Å². The average Bonchev–Trinajstić information content (AvgIpc) is 2.51. The maximum atomic E-state index is 11.9. The van der Waals surface area contributed by atoms with Gasteiger partial charge in [0.25, 0.3) is 5.91 Å². The molecule has 0 saturated carbocycles. The number of esters is 1. The zero-order valence-corrected chi connectivity index (χ0v) is 13.5. The number of nitro groups is 1. The number of carbonyl (C=O) groups is 2. The Balaban J connectivity index is 2.93. The summed E-state index contributed by atoms with van der Waals surface area (Å²) in [6.45, 7) is 5.87. The molecule has 0 aliphatic heterocycles. The van der Waals surface area contributed by atoms with Crippen molar-refractivity contribution in [1.29, 1.82) is 0 Å². The van der Waals surface area contributed by atoms with Gasteiger partial charge in [-0.1, -0.05) is 13.8 Å². The Bertz CT molecular complexity index is 600. The molecule has 1 N–H and O–H groups in total. The molecular weight excluding hydrogens is 304 g/mol. The van der Waals surface area contributed by atoms with Crippen LogP contribution in [0.4, 0.5) is 5.69 Å². The van der Waals surface area contributed by atoms with Gasteiger partial charge >= 0.3 is 11.7 Å². The molecule has 23 heavy (non-hydrogen) atoms. The van der Waals surface area contributed by atoms with E-state index in [9.17, 15) is 19.7 Å². The number of methoxy groups -OCH3 is 1. The van der Waals surface area contributed by atoms with E-state index < -0.39 is 22.7 Å². The van der Waals surface area contributed by atoms with Gasteiger partial charge in [0.1, 0.15) is 0 Å². The summed E-state index contributed by atoms with van der Waals surface area (Å²) in [5.74, 6) is -0.873. The summed E-state index contributed by atoms with van der Waals surface area (Å²) >= 11 is 0. The third-order valence-electron chi connectivity index (χ3n) is 2.93. The van der Waals surface area contributed by atoms with Crippen LogP contribution < -0.4 is 10.1 Å². The number of benzene rings is 1. The van der Waals surface area contributed by atoms with E-state index in [2.05, 4.69) is 10.1 Å². The van der Waals surface area contributed by atoms with Crippen LogP contribution in [0.1, 0.15) is 31.1 Å². The van der Waals surface area contributed by atoms with Crippen molar-refractivity contribution in [3.8, 4) is 5.75 Å². The maximum absolute atomic E-state index is 11.9.